The van der Waals surface area contributed by atoms with Gasteiger partial charge in [-0.15, -0.1) is 23.1 Å². The van der Waals surface area contributed by atoms with Crippen molar-refractivity contribution < 1.29 is 19.1 Å². The van der Waals surface area contributed by atoms with E-state index in [1.807, 2.05) is 66.2 Å². The van der Waals surface area contributed by atoms with E-state index in [1.165, 1.54) is 0 Å². The van der Waals surface area contributed by atoms with Gasteiger partial charge in [0.2, 0.25) is 11.8 Å². The minimum absolute atomic E-state index is 0.0947. The fourth-order valence-electron chi connectivity index (χ4n) is 3.64. The van der Waals surface area contributed by atoms with Crippen LogP contribution in [0.2, 0.25) is 0 Å². The molecule has 9 heteroatoms. The van der Waals surface area contributed by atoms with Gasteiger partial charge < -0.3 is 19.7 Å². The Morgan fingerprint density at radius 1 is 1.03 bits per heavy atom. The Hall–Kier alpha value is -3.01. The normalized spacial score (nSPS) is 12.4. The number of fused-ring (bicyclic) bond motifs is 1. The molecule has 0 aliphatic carbocycles. The third-order valence-electron chi connectivity index (χ3n) is 5.23. The molecule has 34 heavy (non-hydrogen) atoms. The van der Waals surface area contributed by atoms with Crippen molar-refractivity contribution in [2.75, 3.05) is 49.8 Å². The number of rotatable bonds is 9. The molecule has 0 bridgehead atoms. The van der Waals surface area contributed by atoms with Crippen molar-refractivity contribution in [3.8, 4) is 11.5 Å². The number of carbonyl (C=O) groups is 2. The van der Waals surface area contributed by atoms with Crippen LogP contribution in [-0.2, 0) is 16.1 Å². The number of likely N-dealkylation sites (N-methyl/N-ethyl adjacent to an activating group) is 1. The topological polar surface area (TPSA) is 71.1 Å². The van der Waals surface area contributed by atoms with Crippen molar-refractivity contribution in [2.45, 2.75) is 11.4 Å². The first kappa shape index (κ1) is 24.1. The summed E-state index contributed by atoms with van der Waals surface area (Å²) in [5.74, 6) is 1.04. The molecule has 0 fully saturated rings. The Morgan fingerprint density at radius 2 is 1.82 bits per heavy atom. The van der Waals surface area contributed by atoms with Crippen LogP contribution in [0.25, 0.3) is 0 Å². The number of anilines is 2. The van der Waals surface area contributed by atoms with E-state index in [4.69, 9.17) is 9.47 Å². The maximum atomic E-state index is 13.4. The minimum Gasteiger partial charge on any atom is -0.486 e. The molecule has 2 amide bonds. The van der Waals surface area contributed by atoms with Crippen molar-refractivity contribution in [2.24, 2.45) is 0 Å². The van der Waals surface area contributed by atoms with E-state index in [2.05, 4.69) is 5.32 Å². The predicted octanol–water partition coefficient (Wildman–Crippen LogP) is 4.34. The van der Waals surface area contributed by atoms with Gasteiger partial charge in [-0.05, 0) is 49.0 Å². The number of hydrogen-bond donors (Lipinski definition) is 1. The number of hydrogen-bond acceptors (Lipinski definition) is 7. The Morgan fingerprint density at radius 3 is 2.59 bits per heavy atom. The molecule has 0 radical (unpaired) electrons. The Kier molecular flexibility index (Phi) is 8.10. The summed E-state index contributed by atoms with van der Waals surface area (Å²) in [6.45, 7) is 1.63. The first-order valence-corrected chi connectivity index (χ1v) is 13.0. The van der Waals surface area contributed by atoms with Crippen molar-refractivity contribution in [3.63, 3.8) is 0 Å². The summed E-state index contributed by atoms with van der Waals surface area (Å²) in [5.41, 5.74) is 1.50. The summed E-state index contributed by atoms with van der Waals surface area (Å²) < 4.78 is 11.3. The highest BCUT2D eigenvalue weighted by atomic mass is 32.2. The van der Waals surface area contributed by atoms with E-state index in [-0.39, 0.29) is 24.9 Å². The third-order valence-corrected chi connectivity index (χ3v) is 6.89. The van der Waals surface area contributed by atoms with E-state index < -0.39 is 0 Å². The number of carbonyl (C=O) groups excluding carboxylic acids is 2. The first-order valence-electron chi connectivity index (χ1n) is 10.9. The van der Waals surface area contributed by atoms with Crippen LogP contribution in [0.4, 0.5) is 11.4 Å². The molecule has 0 unspecified atom stereocenters. The number of amides is 2. The molecule has 2 heterocycles. The Labute approximate surface area is 207 Å². The average Bonchev–Trinajstić information content (AvgIpc) is 3.35. The lowest BCUT2D eigenvalue weighted by Crippen LogP contribution is -2.41. The highest BCUT2D eigenvalue weighted by Gasteiger charge is 2.22. The van der Waals surface area contributed by atoms with Gasteiger partial charge in [0.15, 0.2) is 11.5 Å². The SMILES string of the molecule is CSc1ccccc1NC(=O)CN(C)CC(=O)N(Cc1cccs1)c1ccc2c(c1)OCCO2. The van der Waals surface area contributed by atoms with Crippen LogP contribution in [0.3, 0.4) is 0 Å². The van der Waals surface area contributed by atoms with Crippen molar-refractivity contribution in [1.82, 2.24) is 4.90 Å². The van der Waals surface area contributed by atoms with Crippen molar-refractivity contribution in [1.29, 1.82) is 0 Å². The summed E-state index contributed by atoms with van der Waals surface area (Å²) in [4.78, 5) is 31.5. The van der Waals surface area contributed by atoms with Crippen LogP contribution < -0.4 is 19.7 Å². The number of thioether (sulfide) groups is 1. The molecule has 2 aromatic carbocycles. The molecule has 0 saturated heterocycles. The van der Waals surface area contributed by atoms with Gasteiger partial charge in [0, 0.05) is 21.5 Å². The summed E-state index contributed by atoms with van der Waals surface area (Å²) in [5, 5.41) is 4.93. The number of ether oxygens (including phenoxy) is 2. The van der Waals surface area contributed by atoms with E-state index in [9.17, 15) is 9.59 Å². The lowest BCUT2D eigenvalue weighted by molar-refractivity contribution is -0.121. The molecule has 1 aliphatic heterocycles. The van der Waals surface area contributed by atoms with Gasteiger partial charge in [0.25, 0.3) is 0 Å². The van der Waals surface area contributed by atoms with E-state index in [1.54, 1.807) is 39.9 Å². The monoisotopic (exact) mass is 497 g/mol. The summed E-state index contributed by atoms with van der Waals surface area (Å²) >= 11 is 3.17. The maximum Gasteiger partial charge on any atom is 0.241 e. The molecule has 1 aliphatic rings. The molecule has 3 aromatic rings. The molecule has 0 spiro atoms. The van der Waals surface area contributed by atoms with E-state index >= 15 is 0 Å². The lowest BCUT2D eigenvalue weighted by Gasteiger charge is -2.27. The fraction of sp³-hybridized carbons (Fsp3) is 0.280. The smallest absolute Gasteiger partial charge is 0.241 e. The minimum atomic E-state index is -0.166. The van der Waals surface area contributed by atoms with Crippen molar-refractivity contribution >= 4 is 46.3 Å². The second-order valence-corrected chi connectivity index (χ2v) is 9.69. The molecule has 178 valence electrons. The van der Waals surface area contributed by atoms with Gasteiger partial charge in [-0.1, -0.05) is 18.2 Å². The van der Waals surface area contributed by atoms with Crippen LogP contribution in [0.1, 0.15) is 4.88 Å². The number of benzene rings is 2. The molecule has 7 nitrogen and oxygen atoms in total. The van der Waals surface area contributed by atoms with Gasteiger partial charge in [-0.3, -0.25) is 14.5 Å². The second-order valence-electron chi connectivity index (χ2n) is 7.81. The van der Waals surface area contributed by atoms with Gasteiger partial charge in [0.05, 0.1) is 25.3 Å². The van der Waals surface area contributed by atoms with Crippen LogP contribution in [0.15, 0.2) is 64.9 Å². The molecular weight excluding hydrogens is 470 g/mol. The zero-order valence-electron chi connectivity index (χ0n) is 19.2. The highest BCUT2D eigenvalue weighted by Crippen LogP contribution is 2.35. The van der Waals surface area contributed by atoms with E-state index in [0.717, 1.165) is 21.1 Å². The largest absolute Gasteiger partial charge is 0.486 e. The summed E-state index contributed by atoms with van der Waals surface area (Å²) in [6.07, 6.45) is 1.97. The van der Waals surface area contributed by atoms with E-state index in [0.29, 0.717) is 31.3 Å². The number of nitrogens with zero attached hydrogens (tertiary/aromatic N) is 2. The fourth-order valence-corrected chi connectivity index (χ4v) is 4.88. The molecule has 0 saturated carbocycles. The van der Waals surface area contributed by atoms with Gasteiger partial charge in [-0.25, -0.2) is 0 Å². The Balaban J connectivity index is 1.44. The van der Waals surface area contributed by atoms with Crippen molar-refractivity contribution in [3.05, 3.63) is 64.9 Å². The number of thiophene rings is 1. The van der Waals surface area contributed by atoms with Crippen LogP contribution >= 0.6 is 23.1 Å². The molecule has 0 atom stereocenters. The van der Waals surface area contributed by atoms with Crippen LogP contribution in [-0.4, -0.2) is 56.3 Å². The molecule has 4 rings (SSSR count). The number of para-hydroxylation sites is 1. The molecule has 1 aromatic heterocycles. The Bertz CT molecular complexity index is 1140. The highest BCUT2D eigenvalue weighted by molar-refractivity contribution is 7.98. The van der Waals surface area contributed by atoms with Crippen LogP contribution in [0.5, 0.6) is 11.5 Å². The maximum absolute atomic E-state index is 13.4. The average molecular weight is 498 g/mol. The van der Waals surface area contributed by atoms with Crippen LogP contribution in [0, 0.1) is 0 Å². The third kappa shape index (κ3) is 6.11. The predicted molar refractivity (Wildman–Crippen MR) is 137 cm³/mol. The lowest BCUT2D eigenvalue weighted by atomic mass is 10.2. The van der Waals surface area contributed by atoms with Gasteiger partial charge in [0.1, 0.15) is 13.2 Å². The zero-order valence-corrected chi connectivity index (χ0v) is 20.8. The first-order chi connectivity index (χ1) is 16.5. The van der Waals surface area contributed by atoms with Gasteiger partial charge in [-0.2, -0.15) is 0 Å². The zero-order chi connectivity index (χ0) is 23.9. The van der Waals surface area contributed by atoms with Gasteiger partial charge >= 0.3 is 0 Å². The number of nitrogens with one attached hydrogen (secondary N) is 1. The quantitative estimate of drug-likeness (QED) is 0.444. The standard InChI is InChI=1S/C25H27N3O4S2/c1-27(16-24(29)26-20-7-3-4-8-23(20)33-2)17-25(30)28(15-19-6-5-13-34-19)18-9-10-21-22(14-18)32-12-11-31-21/h3-10,13-14H,11-12,15-17H2,1-2H3,(H,26,29). The molecule has 1 N–H and O–H groups in total. The summed E-state index contributed by atoms with van der Waals surface area (Å²) in [7, 11) is 1.77. The second kappa shape index (κ2) is 11.4. The molecular formula is C25H27N3O4S2. The summed E-state index contributed by atoms with van der Waals surface area (Å²) in [6, 6.07) is 17.2.